The van der Waals surface area contributed by atoms with Crippen LogP contribution in [0.4, 0.5) is 11.6 Å². The topological polar surface area (TPSA) is 80.9 Å². The summed E-state index contributed by atoms with van der Waals surface area (Å²) in [4.78, 5) is 20.0. The van der Waals surface area contributed by atoms with Crippen molar-refractivity contribution >= 4 is 33.5 Å². The number of anilines is 2. The quantitative estimate of drug-likeness (QED) is 0.892. The van der Waals surface area contributed by atoms with Gasteiger partial charge < -0.3 is 11.1 Å². The van der Waals surface area contributed by atoms with Gasteiger partial charge in [-0.3, -0.25) is 4.79 Å². The smallest absolute Gasteiger partial charge is 0.257 e. The van der Waals surface area contributed by atoms with E-state index in [-0.39, 0.29) is 5.91 Å². The van der Waals surface area contributed by atoms with Crippen LogP contribution >= 0.6 is 15.9 Å². The SMILES string of the molecule is Cc1nc(NC(=O)c2ccnc(N)c2)ccc1Br. The van der Waals surface area contributed by atoms with Gasteiger partial charge in [0.25, 0.3) is 5.91 Å². The third-order valence-electron chi connectivity index (χ3n) is 2.31. The number of amides is 1. The number of nitrogens with two attached hydrogens (primary N) is 1. The predicted octanol–water partition coefficient (Wildman–Crippen LogP) is 2.38. The number of nitrogens with zero attached hydrogens (tertiary/aromatic N) is 2. The van der Waals surface area contributed by atoms with Crippen molar-refractivity contribution in [3.05, 3.63) is 46.2 Å². The molecule has 0 fully saturated rings. The van der Waals surface area contributed by atoms with E-state index in [1.54, 1.807) is 12.1 Å². The second kappa shape index (κ2) is 5.14. The van der Waals surface area contributed by atoms with Crippen LogP contribution in [0.3, 0.4) is 0 Å². The number of halogens is 1. The zero-order valence-corrected chi connectivity index (χ0v) is 11.2. The van der Waals surface area contributed by atoms with Crippen LogP contribution in [0.1, 0.15) is 16.1 Å². The first kappa shape index (κ1) is 12.5. The Hall–Kier alpha value is -1.95. The van der Waals surface area contributed by atoms with Gasteiger partial charge in [0.15, 0.2) is 0 Å². The van der Waals surface area contributed by atoms with Gasteiger partial charge in [-0.05, 0) is 47.1 Å². The molecule has 0 atom stereocenters. The summed E-state index contributed by atoms with van der Waals surface area (Å²) in [5.41, 5.74) is 6.78. The lowest BCUT2D eigenvalue weighted by Gasteiger charge is -2.06. The van der Waals surface area contributed by atoms with Gasteiger partial charge in [0.05, 0.1) is 5.69 Å². The molecule has 92 valence electrons. The van der Waals surface area contributed by atoms with Crippen LogP contribution in [0, 0.1) is 6.92 Å². The summed E-state index contributed by atoms with van der Waals surface area (Å²) in [5, 5.41) is 2.70. The number of aryl methyl sites for hydroxylation is 1. The Bertz CT molecular complexity index is 600. The summed E-state index contributed by atoms with van der Waals surface area (Å²) in [6.07, 6.45) is 1.49. The normalized spacial score (nSPS) is 10.1. The van der Waals surface area contributed by atoms with Crippen LogP contribution in [0.5, 0.6) is 0 Å². The van der Waals surface area contributed by atoms with Crippen molar-refractivity contribution in [1.82, 2.24) is 9.97 Å². The zero-order chi connectivity index (χ0) is 13.1. The number of nitrogen functional groups attached to an aromatic ring is 1. The van der Waals surface area contributed by atoms with Crippen molar-refractivity contribution < 1.29 is 4.79 Å². The van der Waals surface area contributed by atoms with Crippen molar-refractivity contribution in [2.24, 2.45) is 0 Å². The van der Waals surface area contributed by atoms with Gasteiger partial charge in [-0.25, -0.2) is 9.97 Å². The molecule has 0 spiro atoms. The third-order valence-corrected chi connectivity index (χ3v) is 3.14. The molecule has 3 N–H and O–H groups in total. The number of pyridine rings is 2. The molecule has 5 nitrogen and oxygen atoms in total. The Kier molecular flexibility index (Phi) is 3.57. The molecule has 2 heterocycles. The van der Waals surface area contributed by atoms with Gasteiger partial charge in [0.1, 0.15) is 11.6 Å². The first-order valence-electron chi connectivity index (χ1n) is 5.22. The molecule has 1 amide bonds. The average molecular weight is 307 g/mol. The first-order chi connectivity index (χ1) is 8.56. The van der Waals surface area contributed by atoms with Crippen molar-refractivity contribution in [3.8, 4) is 0 Å². The molecular weight excluding hydrogens is 296 g/mol. The van der Waals surface area contributed by atoms with Crippen LogP contribution in [-0.4, -0.2) is 15.9 Å². The molecule has 0 aliphatic rings. The maximum atomic E-state index is 11.9. The summed E-state index contributed by atoms with van der Waals surface area (Å²) in [6.45, 7) is 1.85. The maximum Gasteiger partial charge on any atom is 0.257 e. The summed E-state index contributed by atoms with van der Waals surface area (Å²) in [5.74, 6) is 0.539. The molecule has 0 unspecified atom stereocenters. The van der Waals surface area contributed by atoms with Crippen molar-refractivity contribution in [2.75, 3.05) is 11.1 Å². The van der Waals surface area contributed by atoms with Crippen LogP contribution < -0.4 is 11.1 Å². The maximum absolute atomic E-state index is 11.9. The van der Waals surface area contributed by atoms with Gasteiger partial charge >= 0.3 is 0 Å². The second-order valence-electron chi connectivity index (χ2n) is 3.69. The van der Waals surface area contributed by atoms with E-state index in [2.05, 4.69) is 31.2 Å². The highest BCUT2D eigenvalue weighted by Crippen LogP contribution is 2.16. The standard InChI is InChI=1S/C12H11BrN4O/c1-7-9(13)2-3-11(16-7)17-12(18)8-4-5-15-10(14)6-8/h2-6H,1H3,(H2,14,15)(H,16,17,18). The number of nitrogens with one attached hydrogen (secondary N) is 1. The fourth-order valence-electron chi connectivity index (χ4n) is 1.39. The van der Waals surface area contributed by atoms with E-state index in [4.69, 9.17) is 5.73 Å². The number of carbonyl (C=O) groups is 1. The highest BCUT2D eigenvalue weighted by molar-refractivity contribution is 9.10. The van der Waals surface area contributed by atoms with E-state index in [1.165, 1.54) is 12.3 Å². The lowest BCUT2D eigenvalue weighted by molar-refractivity contribution is 0.102. The molecule has 0 bridgehead atoms. The molecule has 0 aliphatic heterocycles. The Morgan fingerprint density at radius 2 is 2.17 bits per heavy atom. The molecule has 0 saturated carbocycles. The highest BCUT2D eigenvalue weighted by Gasteiger charge is 2.08. The van der Waals surface area contributed by atoms with Gasteiger partial charge in [-0.15, -0.1) is 0 Å². The van der Waals surface area contributed by atoms with E-state index in [0.29, 0.717) is 17.2 Å². The lowest BCUT2D eigenvalue weighted by Crippen LogP contribution is -2.13. The minimum Gasteiger partial charge on any atom is -0.384 e. The van der Waals surface area contributed by atoms with Crippen molar-refractivity contribution in [3.63, 3.8) is 0 Å². The van der Waals surface area contributed by atoms with E-state index in [9.17, 15) is 4.79 Å². The number of hydrogen-bond acceptors (Lipinski definition) is 4. The van der Waals surface area contributed by atoms with Crippen molar-refractivity contribution in [1.29, 1.82) is 0 Å². The van der Waals surface area contributed by atoms with Crippen LogP contribution in [-0.2, 0) is 0 Å². The Morgan fingerprint density at radius 3 is 2.83 bits per heavy atom. The first-order valence-corrected chi connectivity index (χ1v) is 6.01. The molecule has 0 aliphatic carbocycles. The van der Waals surface area contributed by atoms with Gasteiger partial charge in [-0.2, -0.15) is 0 Å². The van der Waals surface area contributed by atoms with Crippen LogP contribution in [0.15, 0.2) is 34.9 Å². The number of carbonyl (C=O) groups excluding carboxylic acids is 1. The van der Waals surface area contributed by atoms with Crippen molar-refractivity contribution in [2.45, 2.75) is 6.92 Å². The zero-order valence-electron chi connectivity index (χ0n) is 9.64. The van der Waals surface area contributed by atoms with Crippen LogP contribution in [0.2, 0.25) is 0 Å². The van der Waals surface area contributed by atoms with E-state index < -0.39 is 0 Å². The third kappa shape index (κ3) is 2.84. The molecular formula is C12H11BrN4O. The molecule has 6 heteroatoms. The number of rotatable bonds is 2. The molecule has 2 rings (SSSR count). The minimum absolute atomic E-state index is 0.265. The summed E-state index contributed by atoms with van der Waals surface area (Å²) >= 11 is 3.35. The second-order valence-corrected chi connectivity index (χ2v) is 4.54. The number of aromatic nitrogens is 2. The monoisotopic (exact) mass is 306 g/mol. The molecule has 2 aromatic rings. The highest BCUT2D eigenvalue weighted by atomic mass is 79.9. The van der Waals surface area contributed by atoms with Crippen LogP contribution in [0.25, 0.3) is 0 Å². The Labute approximate surface area is 113 Å². The largest absolute Gasteiger partial charge is 0.384 e. The lowest BCUT2D eigenvalue weighted by atomic mass is 10.2. The summed E-state index contributed by atoms with van der Waals surface area (Å²) < 4.78 is 0.897. The van der Waals surface area contributed by atoms with E-state index in [1.807, 2.05) is 13.0 Å². The minimum atomic E-state index is -0.265. The Morgan fingerprint density at radius 1 is 1.39 bits per heavy atom. The molecule has 18 heavy (non-hydrogen) atoms. The van der Waals surface area contributed by atoms with E-state index >= 15 is 0 Å². The average Bonchev–Trinajstić information content (AvgIpc) is 2.34. The predicted molar refractivity (Wildman–Crippen MR) is 73.3 cm³/mol. The fourth-order valence-corrected chi connectivity index (χ4v) is 1.61. The molecule has 0 saturated heterocycles. The van der Waals surface area contributed by atoms with Gasteiger partial charge in [0, 0.05) is 16.2 Å². The van der Waals surface area contributed by atoms with Gasteiger partial charge in [0.2, 0.25) is 0 Å². The fraction of sp³-hybridized carbons (Fsp3) is 0.0833. The molecule has 0 aromatic carbocycles. The Balaban J connectivity index is 2.18. The summed E-state index contributed by atoms with van der Waals surface area (Å²) in [7, 11) is 0. The molecule has 2 aromatic heterocycles. The number of hydrogen-bond donors (Lipinski definition) is 2. The van der Waals surface area contributed by atoms with Gasteiger partial charge in [-0.1, -0.05) is 0 Å². The summed E-state index contributed by atoms with van der Waals surface area (Å²) in [6, 6.07) is 6.66. The van der Waals surface area contributed by atoms with E-state index in [0.717, 1.165) is 10.2 Å². The molecule has 0 radical (unpaired) electrons.